The Morgan fingerprint density at radius 2 is 1.90 bits per heavy atom. The summed E-state index contributed by atoms with van der Waals surface area (Å²) >= 11 is 0. The molecule has 5 heteroatoms. The summed E-state index contributed by atoms with van der Waals surface area (Å²) in [6.45, 7) is 8.56. The lowest BCUT2D eigenvalue weighted by atomic mass is 10.0. The van der Waals surface area contributed by atoms with E-state index in [-0.39, 0.29) is 12.4 Å². The summed E-state index contributed by atoms with van der Waals surface area (Å²) in [4.78, 5) is 2.21. The van der Waals surface area contributed by atoms with Gasteiger partial charge in [-0.25, -0.2) is 0 Å². The Morgan fingerprint density at radius 3 is 2.57 bits per heavy atom. The first-order chi connectivity index (χ1) is 9.66. The summed E-state index contributed by atoms with van der Waals surface area (Å²) in [7, 11) is 0. The molecule has 0 saturated carbocycles. The molecule has 0 amide bonds. The van der Waals surface area contributed by atoms with Crippen LogP contribution in [0.15, 0.2) is 24.3 Å². The van der Waals surface area contributed by atoms with E-state index in [4.69, 9.17) is 9.47 Å². The van der Waals surface area contributed by atoms with Crippen molar-refractivity contribution in [2.45, 2.75) is 25.9 Å². The van der Waals surface area contributed by atoms with Crippen LogP contribution in [0.3, 0.4) is 0 Å². The third-order valence-corrected chi connectivity index (χ3v) is 3.54. The van der Waals surface area contributed by atoms with E-state index in [1.54, 1.807) is 0 Å². The van der Waals surface area contributed by atoms with Crippen molar-refractivity contribution in [1.82, 2.24) is 4.90 Å². The molecule has 0 radical (unpaired) electrons. The molecular weight excluding hydrogens is 290 g/mol. The van der Waals surface area contributed by atoms with E-state index in [1.165, 1.54) is 5.56 Å². The fraction of sp³-hybridized carbons (Fsp3) is 0.625. The second-order valence-corrected chi connectivity index (χ2v) is 5.57. The number of hydrogen-bond acceptors (Lipinski definition) is 4. The normalized spacial score (nSPS) is 17.3. The van der Waals surface area contributed by atoms with E-state index < -0.39 is 6.10 Å². The summed E-state index contributed by atoms with van der Waals surface area (Å²) < 4.78 is 11.1. The number of rotatable bonds is 6. The van der Waals surface area contributed by atoms with E-state index in [0.29, 0.717) is 19.1 Å². The van der Waals surface area contributed by atoms with Crippen LogP contribution in [-0.2, 0) is 4.74 Å². The topological polar surface area (TPSA) is 41.9 Å². The molecule has 21 heavy (non-hydrogen) atoms. The van der Waals surface area contributed by atoms with Crippen molar-refractivity contribution in [3.05, 3.63) is 29.8 Å². The first-order valence-corrected chi connectivity index (χ1v) is 7.36. The van der Waals surface area contributed by atoms with Gasteiger partial charge in [0.25, 0.3) is 0 Å². The molecule has 1 aliphatic rings. The number of hydrogen-bond donors (Lipinski definition) is 1. The molecule has 1 aromatic carbocycles. The van der Waals surface area contributed by atoms with E-state index >= 15 is 0 Å². The third kappa shape index (κ3) is 5.83. The SMILES string of the molecule is CC(C)c1ccccc1OCC(O)CN1CCOCC1.Cl. The Balaban J connectivity index is 0.00000220. The fourth-order valence-electron chi connectivity index (χ4n) is 2.41. The first-order valence-electron chi connectivity index (χ1n) is 7.36. The number of para-hydroxylation sites is 1. The van der Waals surface area contributed by atoms with E-state index in [1.807, 2.05) is 18.2 Å². The summed E-state index contributed by atoms with van der Waals surface area (Å²) in [6.07, 6.45) is -0.465. The van der Waals surface area contributed by atoms with Crippen LogP contribution in [-0.4, -0.2) is 55.6 Å². The van der Waals surface area contributed by atoms with Gasteiger partial charge in [0.15, 0.2) is 0 Å². The van der Waals surface area contributed by atoms with Crippen molar-refractivity contribution in [3.63, 3.8) is 0 Å². The number of β-amino-alcohol motifs (C(OH)–C–C–N with tert-alkyl or cyclic N) is 1. The van der Waals surface area contributed by atoms with Crippen LogP contribution in [0.4, 0.5) is 0 Å². The molecule has 0 aliphatic carbocycles. The molecule has 0 aromatic heterocycles. The number of benzene rings is 1. The van der Waals surface area contributed by atoms with Crippen LogP contribution in [0.5, 0.6) is 5.75 Å². The number of aliphatic hydroxyl groups is 1. The van der Waals surface area contributed by atoms with Crippen molar-refractivity contribution in [1.29, 1.82) is 0 Å². The second kappa shape index (κ2) is 9.26. The smallest absolute Gasteiger partial charge is 0.122 e. The van der Waals surface area contributed by atoms with Gasteiger partial charge in [-0.2, -0.15) is 0 Å². The number of ether oxygens (including phenoxy) is 2. The fourth-order valence-corrected chi connectivity index (χ4v) is 2.41. The molecular formula is C16H26ClNO3. The van der Waals surface area contributed by atoms with Gasteiger partial charge in [0.2, 0.25) is 0 Å². The summed E-state index contributed by atoms with van der Waals surface area (Å²) in [5.41, 5.74) is 1.19. The maximum Gasteiger partial charge on any atom is 0.122 e. The zero-order chi connectivity index (χ0) is 14.4. The molecule has 4 nitrogen and oxygen atoms in total. The molecule has 1 aromatic rings. The lowest BCUT2D eigenvalue weighted by Crippen LogP contribution is -2.42. The van der Waals surface area contributed by atoms with Gasteiger partial charge in [-0.1, -0.05) is 32.0 Å². The highest BCUT2D eigenvalue weighted by molar-refractivity contribution is 5.85. The van der Waals surface area contributed by atoms with Gasteiger partial charge in [0.05, 0.1) is 13.2 Å². The Morgan fingerprint density at radius 1 is 1.24 bits per heavy atom. The highest BCUT2D eigenvalue weighted by Gasteiger charge is 2.16. The molecule has 2 rings (SSSR count). The van der Waals surface area contributed by atoms with Crippen molar-refractivity contribution < 1.29 is 14.6 Å². The molecule has 1 saturated heterocycles. The Labute approximate surface area is 133 Å². The average molecular weight is 316 g/mol. The zero-order valence-electron chi connectivity index (χ0n) is 12.8. The first kappa shape index (κ1) is 18.2. The Bertz CT molecular complexity index is 408. The van der Waals surface area contributed by atoms with Crippen molar-refractivity contribution in [3.8, 4) is 5.75 Å². The summed E-state index contributed by atoms with van der Waals surface area (Å²) in [6, 6.07) is 8.03. The highest BCUT2D eigenvalue weighted by atomic mass is 35.5. The van der Waals surface area contributed by atoms with Crippen LogP contribution in [0, 0.1) is 0 Å². The third-order valence-electron chi connectivity index (χ3n) is 3.54. The largest absolute Gasteiger partial charge is 0.491 e. The molecule has 0 spiro atoms. The number of morpholine rings is 1. The van der Waals surface area contributed by atoms with Gasteiger partial charge in [-0.3, -0.25) is 4.90 Å². The number of nitrogens with zero attached hydrogens (tertiary/aromatic N) is 1. The van der Waals surface area contributed by atoms with Crippen molar-refractivity contribution in [2.75, 3.05) is 39.5 Å². The molecule has 120 valence electrons. The number of aliphatic hydroxyl groups excluding tert-OH is 1. The molecule has 1 N–H and O–H groups in total. The van der Waals surface area contributed by atoms with Gasteiger partial charge < -0.3 is 14.6 Å². The van der Waals surface area contributed by atoms with Crippen LogP contribution < -0.4 is 4.74 Å². The van der Waals surface area contributed by atoms with E-state index in [9.17, 15) is 5.11 Å². The van der Waals surface area contributed by atoms with Crippen molar-refractivity contribution >= 4 is 12.4 Å². The predicted octanol–water partition coefficient (Wildman–Crippen LogP) is 2.30. The van der Waals surface area contributed by atoms with E-state index in [0.717, 1.165) is 32.1 Å². The van der Waals surface area contributed by atoms with Crippen LogP contribution >= 0.6 is 12.4 Å². The highest BCUT2D eigenvalue weighted by Crippen LogP contribution is 2.25. The van der Waals surface area contributed by atoms with Crippen molar-refractivity contribution in [2.24, 2.45) is 0 Å². The predicted molar refractivity (Wildman–Crippen MR) is 86.5 cm³/mol. The zero-order valence-corrected chi connectivity index (χ0v) is 13.6. The van der Waals surface area contributed by atoms with Crippen LogP contribution in [0.1, 0.15) is 25.3 Å². The molecule has 1 fully saturated rings. The molecule has 1 unspecified atom stereocenters. The molecule has 1 heterocycles. The lowest BCUT2D eigenvalue weighted by Gasteiger charge is -2.28. The Kier molecular flexibility index (Phi) is 8.04. The minimum absolute atomic E-state index is 0. The maximum atomic E-state index is 10.1. The van der Waals surface area contributed by atoms with Crippen LogP contribution in [0.25, 0.3) is 0 Å². The van der Waals surface area contributed by atoms with Gasteiger partial charge >= 0.3 is 0 Å². The molecule has 1 atom stereocenters. The van der Waals surface area contributed by atoms with E-state index in [2.05, 4.69) is 24.8 Å². The molecule has 0 bridgehead atoms. The lowest BCUT2D eigenvalue weighted by molar-refractivity contribution is 0.00455. The quantitative estimate of drug-likeness (QED) is 0.874. The summed E-state index contributed by atoms with van der Waals surface area (Å²) in [5.74, 6) is 1.30. The summed E-state index contributed by atoms with van der Waals surface area (Å²) in [5, 5.41) is 10.1. The van der Waals surface area contributed by atoms with Gasteiger partial charge in [-0.05, 0) is 17.5 Å². The average Bonchev–Trinajstić information content (AvgIpc) is 2.46. The van der Waals surface area contributed by atoms with Gasteiger partial charge in [0.1, 0.15) is 18.5 Å². The number of halogens is 1. The maximum absolute atomic E-state index is 10.1. The minimum Gasteiger partial charge on any atom is -0.491 e. The Hall–Kier alpha value is -0.810. The minimum atomic E-state index is -0.465. The monoisotopic (exact) mass is 315 g/mol. The van der Waals surface area contributed by atoms with Gasteiger partial charge in [0, 0.05) is 19.6 Å². The van der Waals surface area contributed by atoms with Crippen LogP contribution in [0.2, 0.25) is 0 Å². The molecule has 1 aliphatic heterocycles. The standard InChI is InChI=1S/C16H25NO3.ClH/c1-13(2)15-5-3-4-6-16(15)20-12-14(18)11-17-7-9-19-10-8-17;/h3-6,13-14,18H,7-12H2,1-2H3;1H. The van der Waals surface area contributed by atoms with Gasteiger partial charge in [-0.15, -0.1) is 12.4 Å². The second-order valence-electron chi connectivity index (χ2n) is 5.57.